The van der Waals surface area contributed by atoms with Gasteiger partial charge in [0.25, 0.3) is 5.91 Å². The molecule has 0 unspecified atom stereocenters. The third-order valence-corrected chi connectivity index (χ3v) is 4.21. The van der Waals surface area contributed by atoms with Crippen LogP contribution in [0.15, 0.2) is 29.2 Å². The summed E-state index contributed by atoms with van der Waals surface area (Å²) in [4.78, 5) is 24.5. The van der Waals surface area contributed by atoms with E-state index in [2.05, 4.69) is 0 Å². The number of hydrogen-bond donors (Lipinski definition) is 1. The van der Waals surface area contributed by atoms with Crippen LogP contribution in [0.1, 0.15) is 23.2 Å². The molecule has 1 aromatic carbocycles. The van der Waals surface area contributed by atoms with E-state index in [0.29, 0.717) is 5.56 Å². The van der Waals surface area contributed by atoms with Gasteiger partial charge in [0.15, 0.2) is 9.84 Å². The molecule has 0 heterocycles. The van der Waals surface area contributed by atoms with Gasteiger partial charge in [0, 0.05) is 17.9 Å². The first kappa shape index (κ1) is 14.5. The molecule has 0 saturated heterocycles. The van der Waals surface area contributed by atoms with Crippen molar-refractivity contribution in [3.05, 3.63) is 29.8 Å². The maximum Gasteiger partial charge on any atom is 0.323 e. The lowest BCUT2D eigenvalue weighted by Gasteiger charge is -2.20. The van der Waals surface area contributed by atoms with Gasteiger partial charge in [-0.05, 0) is 37.1 Å². The maximum atomic E-state index is 12.2. The van der Waals surface area contributed by atoms with Crippen LogP contribution < -0.4 is 0 Å². The van der Waals surface area contributed by atoms with Crippen molar-refractivity contribution >= 4 is 21.7 Å². The van der Waals surface area contributed by atoms with Crippen molar-refractivity contribution in [1.29, 1.82) is 0 Å². The Morgan fingerprint density at radius 3 is 2.20 bits per heavy atom. The molecule has 1 N–H and O–H groups in total. The Labute approximate surface area is 116 Å². The molecule has 1 saturated carbocycles. The zero-order chi connectivity index (χ0) is 14.9. The molecule has 0 spiro atoms. The summed E-state index contributed by atoms with van der Waals surface area (Å²) in [5.74, 6) is -1.44. The molecule has 0 aliphatic heterocycles. The fourth-order valence-corrected chi connectivity index (χ4v) is 2.54. The summed E-state index contributed by atoms with van der Waals surface area (Å²) < 4.78 is 22.7. The van der Waals surface area contributed by atoms with Crippen molar-refractivity contribution in [2.75, 3.05) is 12.8 Å². The average Bonchev–Trinajstić information content (AvgIpc) is 3.18. The fourth-order valence-electron chi connectivity index (χ4n) is 1.91. The molecular formula is C13H15NO5S. The van der Waals surface area contributed by atoms with Gasteiger partial charge in [0.05, 0.1) is 4.90 Å². The second-order valence-electron chi connectivity index (χ2n) is 4.85. The van der Waals surface area contributed by atoms with Crippen molar-refractivity contribution in [3.63, 3.8) is 0 Å². The van der Waals surface area contributed by atoms with Crippen LogP contribution in [0.4, 0.5) is 0 Å². The van der Waals surface area contributed by atoms with E-state index in [0.717, 1.165) is 19.1 Å². The number of hydrogen-bond acceptors (Lipinski definition) is 4. The summed E-state index contributed by atoms with van der Waals surface area (Å²) in [5, 5.41) is 8.83. The van der Waals surface area contributed by atoms with Crippen LogP contribution in [0.25, 0.3) is 0 Å². The number of rotatable bonds is 5. The van der Waals surface area contributed by atoms with Crippen LogP contribution in [-0.4, -0.2) is 49.1 Å². The highest BCUT2D eigenvalue weighted by Gasteiger charge is 2.34. The first-order valence-electron chi connectivity index (χ1n) is 6.12. The molecule has 6 nitrogen and oxygen atoms in total. The quantitative estimate of drug-likeness (QED) is 0.867. The van der Waals surface area contributed by atoms with E-state index in [1.807, 2.05) is 0 Å². The van der Waals surface area contributed by atoms with Crippen molar-refractivity contribution in [3.8, 4) is 0 Å². The van der Waals surface area contributed by atoms with Crippen molar-refractivity contribution in [1.82, 2.24) is 4.90 Å². The highest BCUT2D eigenvalue weighted by Crippen LogP contribution is 2.28. The Bertz CT molecular complexity index is 631. The molecule has 0 aromatic heterocycles. The number of carboxylic acid groups (broad SMARTS) is 1. The van der Waals surface area contributed by atoms with Gasteiger partial charge in [0.2, 0.25) is 0 Å². The molecule has 1 aliphatic rings. The van der Waals surface area contributed by atoms with Gasteiger partial charge < -0.3 is 10.0 Å². The van der Waals surface area contributed by atoms with E-state index >= 15 is 0 Å². The monoisotopic (exact) mass is 297 g/mol. The molecule has 1 aliphatic carbocycles. The third-order valence-electron chi connectivity index (χ3n) is 3.08. The Morgan fingerprint density at radius 1 is 1.25 bits per heavy atom. The fraction of sp³-hybridized carbons (Fsp3) is 0.385. The number of carboxylic acids is 1. The highest BCUT2D eigenvalue weighted by atomic mass is 32.2. The minimum atomic E-state index is -3.31. The highest BCUT2D eigenvalue weighted by molar-refractivity contribution is 7.90. The molecule has 0 bridgehead atoms. The van der Waals surface area contributed by atoms with Crippen LogP contribution in [0, 0.1) is 0 Å². The van der Waals surface area contributed by atoms with E-state index in [1.165, 1.54) is 29.2 Å². The van der Waals surface area contributed by atoms with E-state index < -0.39 is 15.8 Å². The average molecular weight is 297 g/mol. The Morgan fingerprint density at radius 2 is 1.80 bits per heavy atom. The lowest BCUT2D eigenvalue weighted by atomic mass is 10.2. The summed E-state index contributed by atoms with van der Waals surface area (Å²) in [6, 6.07) is 5.52. The zero-order valence-corrected chi connectivity index (χ0v) is 11.8. The van der Waals surface area contributed by atoms with Crippen LogP contribution in [0.3, 0.4) is 0 Å². The van der Waals surface area contributed by atoms with Crippen LogP contribution >= 0.6 is 0 Å². The summed E-state index contributed by atoms with van der Waals surface area (Å²) in [5.41, 5.74) is 0.297. The molecule has 0 atom stereocenters. The summed E-state index contributed by atoms with van der Waals surface area (Å²) in [7, 11) is -3.31. The van der Waals surface area contributed by atoms with Gasteiger partial charge in [-0.25, -0.2) is 8.42 Å². The lowest BCUT2D eigenvalue weighted by molar-refractivity contribution is -0.137. The summed E-state index contributed by atoms with van der Waals surface area (Å²) >= 11 is 0. The normalized spacial score (nSPS) is 14.8. The van der Waals surface area contributed by atoms with E-state index in [4.69, 9.17) is 5.11 Å². The predicted molar refractivity (Wildman–Crippen MR) is 71.2 cm³/mol. The number of sulfone groups is 1. The van der Waals surface area contributed by atoms with Gasteiger partial charge >= 0.3 is 5.97 Å². The number of aliphatic carboxylic acids is 1. The molecule has 108 valence electrons. The minimum Gasteiger partial charge on any atom is -0.480 e. The van der Waals surface area contributed by atoms with E-state index in [9.17, 15) is 18.0 Å². The molecule has 0 radical (unpaired) electrons. The van der Waals surface area contributed by atoms with Crippen molar-refractivity contribution in [2.24, 2.45) is 0 Å². The Hall–Kier alpha value is -1.89. The van der Waals surface area contributed by atoms with Crippen LogP contribution in [0.5, 0.6) is 0 Å². The number of benzene rings is 1. The van der Waals surface area contributed by atoms with Gasteiger partial charge in [-0.15, -0.1) is 0 Å². The van der Waals surface area contributed by atoms with Gasteiger partial charge in [-0.1, -0.05) is 0 Å². The summed E-state index contributed by atoms with van der Waals surface area (Å²) in [6.07, 6.45) is 2.70. The molecule has 1 fully saturated rings. The van der Waals surface area contributed by atoms with Crippen molar-refractivity contribution in [2.45, 2.75) is 23.8 Å². The van der Waals surface area contributed by atoms with Gasteiger partial charge in [-0.2, -0.15) is 0 Å². The zero-order valence-electron chi connectivity index (χ0n) is 10.9. The van der Waals surface area contributed by atoms with Crippen molar-refractivity contribution < 1.29 is 23.1 Å². The second kappa shape index (κ2) is 5.24. The lowest BCUT2D eigenvalue weighted by Crippen LogP contribution is -2.37. The topological polar surface area (TPSA) is 91.8 Å². The molecular weight excluding hydrogens is 282 g/mol. The van der Waals surface area contributed by atoms with Crippen LogP contribution in [-0.2, 0) is 14.6 Å². The maximum absolute atomic E-state index is 12.2. The third kappa shape index (κ3) is 3.36. The number of carbonyl (C=O) groups excluding carboxylic acids is 1. The van der Waals surface area contributed by atoms with Crippen LogP contribution in [0.2, 0.25) is 0 Å². The first-order valence-corrected chi connectivity index (χ1v) is 8.01. The standard InChI is InChI=1S/C13H15NO5S/c1-20(18,19)11-6-2-9(3-7-11)13(17)14(8-12(15)16)10-4-5-10/h2-3,6-7,10H,4-5,8H2,1H3,(H,15,16). The Balaban J connectivity index is 2.21. The molecule has 1 aromatic rings. The largest absolute Gasteiger partial charge is 0.480 e. The van der Waals surface area contributed by atoms with E-state index in [1.54, 1.807) is 0 Å². The molecule has 7 heteroatoms. The number of amides is 1. The predicted octanol–water partition coefficient (Wildman–Crippen LogP) is 0.779. The van der Waals surface area contributed by atoms with E-state index in [-0.39, 0.29) is 23.4 Å². The minimum absolute atomic E-state index is 0.0202. The molecule has 20 heavy (non-hydrogen) atoms. The number of carbonyl (C=O) groups is 2. The Kier molecular flexibility index (Phi) is 3.80. The number of nitrogens with zero attached hydrogens (tertiary/aromatic N) is 1. The smallest absolute Gasteiger partial charge is 0.323 e. The molecule has 2 rings (SSSR count). The van der Waals surface area contributed by atoms with Gasteiger partial charge in [0.1, 0.15) is 6.54 Å². The SMILES string of the molecule is CS(=O)(=O)c1ccc(C(=O)N(CC(=O)O)C2CC2)cc1. The van der Waals surface area contributed by atoms with Gasteiger partial charge in [-0.3, -0.25) is 9.59 Å². The first-order chi connectivity index (χ1) is 9.29. The second-order valence-corrected chi connectivity index (χ2v) is 6.87. The molecule has 1 amide bonds. The summed E-state index contributed by atoms with van der Waals surface area (Å²) in [6.45, 7) is -0.336.